The van der Waals surface area contributed by atoms with E-state index < -0.39 is 0 Å². The molecule has 1 amide bonds. The van der Waals surface area contributed by atoms with Gasteiger partial charge in [0.25, 0.3) is 5.91 Å². The molecule has 0 aliphatic heterocycles. The predicted molar refractivity (Wildman–Crippen MR) is 75.3 cm³/mol. The van der Waals surface area contributed by atoms with E-state index in [9.17, 15) is 4.79 Å². The van der Waals surface area contributed by atoms with Crippen LogP contribution >= 0.6 is 0 Å². The number of aryl methyl sites for hydroxylation is 1. The summed E-state index contributed by atoms with van der Waals surface area (Å²) in [6, 6.07) is 7.61. The fourth-order valence-corrected chi connectivity index (χ4v) is 1.64. The molecule has 0 spiro atoms. The second-order valence-corrected chi connectivity index (χ2v) is 4.14. The van der Waals surface area contributed by atoms with Gasteiger partial charge in [-0.1, -0.05) is 12.1 Å². The first-order chi connectivity index (χ1) is 9.19. The highest BCUT2D eigenvalue weighted by atomic mass is 16.1. The van der Waals surface area contributed by atoms with Crippen LogP contribution in [0.5, 0.6) is 0 Å². The van der Waals surface area contributed by atoms with Gasteiger partial charge in [0, 0.05) is 12.2 Å². The van der Waals surface area contributed by atoms with Gasteiger partial charge in [0.1, 0.15) is 11.5 Å². The molecule has 2 rings (SSSR count). The number of rotatable bonds is 4. The Morgan fingerprint density at radius 2 is 2.11 bits per heavy atom. The van der Waals surface area contributed by atoms with Crippen molar-refractivity contribution in [2.24, 2.45) is 0 Å². The van der Waals surface area contributed by atoms with Crippen molar-refractivity contribution in [3.63, 3.8) is 0 Å². The highest BCUT2D eigenvalue weighted by Gasteiger charge is 2.08. The van der Waals surface area contributed by atoms with Crippen LogP contribution in [0.2, 0.25) is 0 Å². The Morgan fingerprint density at radius 1 is 1.26 bits per heavy atom. The lowest BCUT2D eigenvalue weighted by molar-refractivity contribution is 0.102. The molecule has 1 aromatic heterocycles. The van der Waals surface area contributed by atoms with E-state index in [0.717, 1.165) is 17.8 Å². The standard InChI is InChI=1S/C14H16N4O/c1-3-15-13-9-16-12(8-17-13)14(19)18-11-6-4-5-10(2)7-11/h4-9H,3H2,1-2H3,(H,15,17)(H,18,19). The monoisotopic (exact) mass is 256 g/mol. The number of carbonyl (C=O) groups is 1. The van der Waals surface area contributed by atoms with Gasteiger partial charge in [0.2, 0.25) is 0 Å². The average Bonchev–Trinajstić information content (AvgIpc) is 2.40. The number of carbonyl (C=O) groups excluding carboxylic acids is 1. The largest absolute Gasteiger partial charge is 0.369 e. The van der Waals surface area contributed by atoms with E-state index in [-0.39, 0.29) is 5.91 Å². The third kappa shape index (κ3) is 3.51. The number of benzene rings is 1. The van der Waals surface area contributed by atoms with Gasteiger partial charge in [0.05, 0.1) is 12.4 Å². The minimum atomic E-state index is -0.263. The number of nitrogens with one attached hydrogen (secondary N) is 2. The predicted octanol–water partition coefficient (Wildman–Crippen LogP) is 2.47. The zero-order valence-corrected chi connectivity index (χ0v) is 11.0. The molecule has 2 aromatic rings. The normalized spacial score (nSPS) is 10.0. The van der Waals surface area contributed by atoms with E-state index in [2.05, 4.69) is 20.6 Å². The van der Waals surface area contributed by atoms with Crippen LogP contribution < -0.4 is 10.6 Å². The van der Waals surface area contributed by atoms with Crippen molar-refractivity contribution < 1.29 is 4.79 Å². The molecule has 5 nitrogen and oxygen atoms in total. The highest BCUT2D eigenvalue weighted by Crippen LogP contribution is 2.11. The number of amides is 1. The van der Waals surface area contributed by atoms with Gasteiger partial charge in [-0.2, -0.15) is 0 Å². The van der Waals surface area contributed by atoms with Gasteiger partial charge in [-0.25, -0.2) is 9.97 Å². The summed E-state index contributed by atoms with van der Waals surface area (Å²) in [6.07, 6.45) is 3.01. The zero-order valence-electron chi connectivity index (χ0n) is 11.0. The first-order valence-corrected chi connectivity index (χ1v) is 6.13. The van der Waals surface area contributed by atoms with E-state index >= 15 is 0 Å². The summed E-state index contributed by atoms with van der Waals surface area (Å²) in [5.41, 5.74) is 2.14. The smallest absolute Gasteiger partial charge is 0.275 e. The molecule has 0 aliphatic carbocycles. The van der Waals surface area contributed by atoms with Crippen LogP contribution in [-0.2, 0) is 0 Å². The Balaban J connectivity index is 2.07. The van der Waals surface area contributed by atoms with Crippen molar-refractivity contribution in [2.45, 2.75) is 13.8 Å². The quantitative estimate of drug-likeness (QED) is 0.881. The second kappa shape index (κ2) is 5.95. The maximum Gasteiger partial charge on any atom is 0.275 e. The molecule has 0 radical (unpaired) electrons. The van der Waals surface area contributed by atoms with Crippen LogP contribution in [0.3, 0.4) is 0 Å². The molecule has 0 saturated carbocycles. The molecular formula is C14H16N4O. The number of hydrogen-bond acceptors (Lipinski definition) is 4. The summed E-state index contributed by atoms with van der Waals surface area (Å²) in [6.45, 7) is 4.71. The molecule has 0 aliphatic rings. The van der Waals surface area contributed by atoms with Crippen LogP contribution in [-0.4, -0.2) is 22.4 Å². The summed E-state index contributed by atoms with van der Waals surface area (Å²) in [4.78, 5) is 20.2. The second-order valence-electron chi connectivity index (χ2n) is 4.14. The van der Waals surface area contributed by atoms with Crippen LogP contribution in [0.15, 0.2) is 36.7 Å². The molecule has 0 bridgehead atoms. The molecule has 0 atom stereocenters. The summed E-state index contributed by atoms with van der Waals surface area (Å²) < 4.78 is 0. The number of hydrogen-bond donors (Lipinski definition) is 2. The highest BCUT2D eigenvalue weighted by molar-refractivity contribution is 6.02. The molecule has 1 aromatic carbocycles. The van der Waals surface area contributed by atoms with Crippen molar-refractivity contribution in [1.29, 1.82) is 0 Å². The van der Waals surface area contributed by atoms with Gasteiger partial charge >= 0.3 is 0 Å². The Hall–Kier alpha value is -2.43. The number of nitrogens with zero attached hydrogens (tertiary/aromatic N) is 2. The fraction of sp³-hybridized carbons (Fsp3) is 0.214. The van der Waals surface area contributed by atoms with Crippen molar-refractivity contribution in [3.05, 3.63) is 47.9 Å². The third-order valence-corrected chi connectivity index (χ3v) is 2.52. The Labute approximate surface area is 112 Å². The minimum Gasteiger partial charge on any atom is -0.369 e. The maximum absolute atomic E-state index is 12.0. The minimum absolute atomic E-state index is 0.263. The number of aromatic nitrogens is 2. The van der Waals surface area contributed by atoms with Crippen LogP contribution in [0.25, 0.3) is 0 Å². The summed E-state index contributed by atoms with van der Waals surface area (Å²) >= 11 is 0. The lowest BCUT2D eigenvalue weighted by Gasteiger charge is -2.06. The van der Waals surface area contributed by atoms with Crippen LogP contribution in [0, 0.1) is 6.92 Å². The molecule has 19 heavy (non-hydrogen) atoms. The molecule has 0 fully saturated rings. The summed E-state index contributed by atoms with van der Waals surface area (Å²) in [5.74, 6) is 0.399. The molecule has 5 heteroatoms. The zero-order chi connectivity index (χ0) is 13.7. The van der Waals surface area contributed by atoms with Crippen molar-refractivity contribution in [1.82, 2.24) is 9.97 Å². The van der Waals surface area contributed by atoms with E-state index in [1.165, 1.54) is 6.20 Å². The van der Waals surface area contributed by atoms with Gasteiger partial charge in [-0.15, -0.1) is 0 Å². The van der Waals surface area contributed by atoms with Gasteiger partial charge in [-0.3, -0.25) is 4.79 Å². The van der Waals surface area contributed by atoms with E-state index in [0.29, 0.717) is 11.5 Å². The van der Waals surface area contributed by atoms with Crippen molar-refractivity contribution in [2.75, 3.05) is 17.2 Å². The van der Waals surface area contributed by atoms with Crippen molar-refractivity contribution in [3.8, 4) is 0 Å². The van der Waals surface area contributed by atoms with E-state index in [4.69, 9.17) is 0 Å². The lowest BCUT2D eigenvalue weighted by Crippen LogP contribution is -2.14. The van der Waals surface area contributed by atoms with Crippen LogP contribution in [0.4, 0.5) is 11.5 Å². The van der Waals surface area contributed by atoms with Gasteiger partial charge in [0.15, 0.2) is 0 Å². The average molecular weight is 256 g/mol. The van der Waals surface area contributed by atoms with Crippen LogP contribution in [0.1, 0.15) is 23.0 Å². The maximum atomic E-state index is 12.0. The number of anilines is 2. The molecule has 0 saturated heterocycles. The van der Waals surface area contributed by atoms with E-state index in [1.807, 2.05) is 38.1 Å². The Morgan fingerprint density at radius 3 is 2.74 bits per heavy atom. The third-order valence-electron chi connectivity index (χ3n) is 2.52. The fourth-order valence-electron chi connectivity index (χ4n) is 1.64. The topological polar surface area (TPSA) is 66.9 Å². The Bertz CT molecular complexity index is 566. The molecular weight excluding hydrogens is 240 g/mol. The molecule has 98 valence electrons. The molecule has 1 heterocycles. The van der Waals surface area contributed by atoms with Gasteiger partial charge < -0.3 is 10.6 Å². The SMILES string of the molecule is CCNc1cnc(C(=O)Nc2cccc(C)c2)cn1. The summed E-state index contributed by atoms with van der Waals surface area (Å²) in [7, 11) is 0. The molecule has 0 unspecified atom stereocenters. The van der Waals surface area contributed by atoms with Gasteiger partial charge in [-0.05, 0) is 31.5 Å². The lowest BCUT2D eigenvalue weighted by atomic mass is 10.2. The molecule has 2 N–H and O–H groups in total. The Kier molecular flexibility index (Phi) is 4.07. The summed E-state index contributed by atoms with van der Waals surface area (Å²) in [5, 5.41) is 5.81. The van der Waals surface area contributed by atoms with Crippen molar-refractivity contribution >= 4 is 17.4 Å². The first-order valence-electron chi connectivity index (χ1n) is 6.13. The van der Waals surface area contributed by atoms with E-state index in [1.54, 1.807) is 6.20 Å². The first kappa shape index (κ1) is 13.0.